The standard InChI is InChI=1S/C20H25NO4/c1-14(20(25)17-7-9-18(22)10-8-17)21-13-12-16-4-2-15(3-5-16)6-11-19(23)24/h2-5,7-10,14,20-22,25H,6,11-13H2,1H3,(H,23,24)/t14-,20-/m0/s1. The predicted octanol–water partition coefficient (Wildman–Crippen LogP) is 2.66. The summed E-state index contributed by atoms with van der Waals surface area (Å²) in [6.07, 6.45) is 0.877. The smallest absolute Gasteiger partial charge is 0.303 e. The minimum atomic E-state index is -0.783. The normalized spacial score (nSPS) is 13.4. The van der Waals surface area contributed by atoms with E-state index in [1.165, 1.54) is 0 Å². The van der Waals surface area contributed by atoms with Gasteiger partial charge in [-0.3, -0.25) is 4.79 Å². The molecule has 0 fully saturated rings. The minimum Gasteiger partial charge on any atom is -0.508 e. The van der Waals surface area contributed by atoms with Gasteiger partial charge < -0.3 is 20.6 Å². The number of hydrogen-bond acceptors (Lipinski definition) is 4. The quantitative estimate of drug-likeness (QED) is 0.562. The average molecular weight is 343 g/mol. The molecule has 2 aromatic rings. The van der Waals surface area contributed by atoms with E-state index in [0.29, 0.717) is 6.42 Å². The van der Waals surface area contributed by atoms with Gasteiger partial charge in [0, 0.05) is 12.5 Å². The highest BCUT2D eigenvalue weighted by molar-refractivity contribution is 5.67. The zero-order valence-electron chi connectivity index (χ0n) is 14.4. The first kappa shape index (κ1) is 19.0. The third-order valence-electron chi connectivity index (χ3n) is 4.24. The molecule has 0 saturated heterocycles. The van der Waals surface area contributed by atoms with Crippen molar-refractivity contribution in [3.63, 3.8) is 0 Å². The van der Waals surface area contributed by atoms with Gasteiger partial charge in [-0.25, -0.2) is 0 Å². The predicted molar refractivity (Wildman–Crippen MR) is 96.6 cm³/mol. The molecule has 0 aliphatic rings. The van der Waals surface area contributed by atoms with Crippen LogP contribution in [0.4, 0.5) is 0 Å². The van der Waals surface area contributed by atoms with Gasteiger partial charge >= 0.3 is 5.97 Å². The number of hydrogen-bond donors (Lipinski definition) is 4. The third kappa shape index (κ3) is 6.21. The van der Waals surface area contributed by atoms with Crippen LogP contribution in [0.15, 0.2) is 48.5 Å². The maximum Gasteiger partial charge on any atom is 0.303 e. The molecule has 134 valence electrons. The topological polar surface area (TPSA) is 89.8 Å². The first-order chi connectivity index (χ1) is 12.0. The number of aliphatic carboxylic acids is 1. The highest BCUT2D eigenvalue weighted by Crippen LogP contribution is 2.19. The maximum absolute atomic E-state index is 10.6. The second kappa shape index (κ2) is 9.20. The van der Waals surface area contributed by atoms with Crippen LogP contribution in [0.25, 0.3) is 0 Å². The van der Waals surface area contributed by atoms with Crippen molar-refractivity contribution in [2.45, 2.75) is 38.3 Å². The molecule has 0 radical (unpaired) electrons. The van der Waals surface area contributed by atoms with Crippen LogP contribution in [0, 0.1) is 0 Å². The van der Waals surface area contributed by atoms with Crippen molar-refractivity contribution in [2.24, 2.45) is 0 Å². The molecule has 5 nitrogen and oxygen atoms in total. The number of phenols is 1. The lowest BCUT2D eigenvalue weighted by Crippen LogP contribution is -2.33. The molecule has 0 amide bonds. The van der Waals surface area contributed by atoms with Crippen LogP contribution in [-0.2, 0) is 17.6 Å². The van der Waals surface area contributed by atoms with Crippen molar-refractivity contribution in [1.82, 2.24) is 5.32 Å². The molecular formula is C20H25NO4. The minimum absolute atomic E-state index is 0.112. The molecule has 0 heterocycles. The molecule has 2 atom stereocenters. The number of phenolic OH excluding ortho intramolecular Hbond substituents is 1. The summed E-state index contributed by atoms with van der Waals surface area (Å²) in [5, 5.41) is 31.6. The lowest BCUT2D eigenvalue weighted by atomic mass is 10.0. The van der Waals surface area contributed by atoms with Crippen molar-refractivity contribution in [3.8, 4) is 5.75 Å². The Kier molecular flexibility index (Phi) is 6.98. The molecule has 2 aromatic carbocycles. The lowest BCUT2D eigenvalue weighted by molar-refractivity contribution is -0.136. The molecule has 0 spiro atoms. The molecule has 25 heavy (non-hydrogen) atoms. The van der Waals surface area contributed by atoms with Crippen LogP contribution in [0.5, 0.6) is 5.75 Å². The second-order valence-corrected chi connectivity index (χ2v) is 6.24. The monoisotopic (exact) mass is 343 g/mol. The highest BCUT2D eigenvalue weighted by Gasteiger charge is 2.15. The fourth-order valence-electron chi connectivity index (χ4n) is 2.64. The van der Waals surface area contributed by atoms with E-state index in [1.807, 2.05) is 31.2 Å². The Morgan fingerprint density at radius 1 is 1.00 bits per heavy atom. The molecule has 0 aliphatic carbocycles. The number of aliphatic hydroxyl groups excluding tert-OH is 1. The Bertz CT molecular complexity index is 667. The molecule has 0 aromatic heterocycles. The number of carboxylic acid groups (broad SMARTS) is 1. The lowest BCUT2D eigenvalue weighted by Gasteiger charge is -2.20. The van der Waals surface area contributed by atoms with E-state index in [1.54, 1.807) is 24.3 Å². The molecule has 0 aliphatic heterocycles. The Labute approximate surface area is 148 Å². The van der Waals surface area contributed by atoms with Gasteiger partial charge in [0.1, 0.15) is 5.75 Å². The third-order valence-corrected chi connectivity index (χ3v) is 4.24. The van der Waals surface area contributed by atoms with Gasteiger partial charge in [0.05, 0.1) is 6.10 Å². The largest absolute Gasteiger partial charge is 0.508 e. The van der Waals surface area contributed by atoms with E-state index in [9.17, 15) is 15.0 Å². The zero-order chi connectivity index (χ0) is 18.2. The first-order valence-electron chi connectivity index (χ1n) is 8.45. The number of benzene rings is 2. The summed E-state index contributed by atoms with van der Waals surface area (Å²) in [5.74, 6) is -0.599. The molecular weight excluding hydrogens is 318 g/mol. The zero-order valence-corrected chi connectivity index (χ0v) is 14.4. The van der Waals surface area contributed by atoms with E-state index in [4.69, 9.17) is 5.11 Å². The van der Waals surface area contributed by atoms with Crippen molar-refractivity contribution >= 4 is 5.97 Å². The number of rotatable bonds is 9. The summed E-state index contributed by atoms with van der Waals surface area (Å²) >= 11 is 0. The fourth-order valence-corrected chi connectivity index (χ4v) is 2.64. The number of nitrogens with one attached hydrogen (secondary N) is 1. The molecule has 0 saturated carbocycles. The Hall–Kier alpha value is -2.37. The number of aliphatic hydroxyl groups is 1. The molecule has 0 unspecified atom stereocenters. The van der Waals surface area contributed by atoms with Gasteiger partial charge in [0.15, 0.2) is 0 Å². The maximum atomic E-state index is 10.6. The highest BCUT2D eigenvalue weighted by atomic mass is 16.4. The number of carbonyl (C=O) groups is 1. The van der Waals surface area contributed by atoms with Crippen molar-refractivity contribution < 1.29 is 20.1 Å². The van der Waals surface area contributed by atoms with E-state index >= 15 is 0 Å². The van der Waals surface area contributed by atoms with Crippen molar-refractivity contribution in [3.05, 3.63) is 65.2 Å². The Balaban J connectivity index is 1.77. The second-order valence-electron chi connectivity index (χ2n) is 6.24. The van der Waals surface area contributed by atoms with Crippen molar-refractivity contribution in [1.29, 1.82) is 0 Å². The van der Waals surface area contributed by atoms with E-state index in [2.05, 4.69) is 5.32 Å². The van der Waals surface area contributed by atoms with Crippen LogP contribution in [0.1, 0.15) is 36.1 Å². The summed E-state index contributed by atoms with van der Waals surface area (Å²) in [4.78, 5) is 10.6. The molecule has 0 bridgehead atoms. The number of aryl methyl sites for hydroxylation is 1. The van der Waals surface area contributed by atoms with Gasteiger partial charge in [-0.1, -0.05) is 36.4 Å². The summed E-state index contributed by atoms with van der Waals surface area (Å²) < 4.78 is 0. The van der Waals surface area contributed by atoms with Gasteiger partial charge in [0.25, 0.3) is 0 Å². The van der Waals surface area contributed by atoms with Gasteiger partial charge in [-0.05, 0) is 55.1 Å². The Morgan fingerprint density at radius 3 is 2.12 bits per heavy atom. The van der Waals surface area contributed by atoms with E-state index in [0.717, 1.165) is 29.7 Å². The first-order valence-corrected chi connectivity index (χ1v) is 8.45. The van der Waals surface area contributed by atoms with Crippen LogP contribution in [0.2, 0.25) is 0 Å². The van der Waals surface area contributed by atoms with Crippen LogP contribution in [0.3, 0.4) is 0 Å². The fraction of sp³-hybridized carbons (Fsp3) is 0.350. The van der Waals surface area contributed by atoms with Crippen LogP contribution >= 0.6 is 0 Å². The summed E-state index contributed by atoms with van der Waals surface area (Å²) in [7, 11) is 0. The molecule has 2 rings (SSSR count). The van der Waals surface area contributed by atoms with Crippen LogP contribution in [-0.4, -0.2) is 33.9 Å². The average Bonchev–Trinajstić information content (AvgIpc) is 2.61. The van der Waals surface area contributed by atoms with Crippen LogP contribution < -0.4 is 5.32 Å². The Morgan fingerprint density at radius 2 is 1.56 bits per heavy atom. The summed E-state index contributed by atoms with van der Waals surface area (Å²) in [6.45, 7) is 2.65. The van der Waals surface area contributed by atoms with Gasteiger partial charge in [-0.15, -0.1) is 0 Å². The van der Waals surface area contributed by atoms with Crippen molar-refractivity contribution in [2.75, 3.05) is 6.54 Å². The van der Waals surface area contributed by atoms with E-state index in [-0.39, 0.29) is 18.2 Å². The van der Waals surface area contributed by atoms with E-state index < -0.39 is 12.1 Å². The molecule has 5 heteroatoms. The summed E-state index contributed by atoms with van der Waals surface area (Å²) in [6, 6.07) is 14.4. The molecule has 4 N–H and O–H groups in total. The van der Waals surface area contributed by atoms with Gasteiger partial charge in [0.2, 0.25) is 0 Å². The number of carboxylic acids is 1. The number of aromatic hydroxyl groups is 1. The van der Waals surface area contributed by atoms with Gasteiger partial charge in [-0.2, -0.15) is 0 Å². The summed E-state index contributed by atoms with van der Waals surface area (Å²) in [5.41, 5.74) is 2.95. The SMILES string of the molecule is C[C@H](NCCc1ccc(CCC(=O)O)cc1)[C@H](O)c1ccc(O)cc1.